The molecule has 1 atom stereocenters. The van der Waals surface area contributed by atoms with Crippen molar-refractivity contribution in [2.75, 3.05) is 10.1 Å². The Labute approximate surface area is 116 Å². The summed E-state index contributed by atoms with van der Waals surface area (Å²) in [6, 6.07) is 6.90. The molecular formula is C11H10N6O2S. The number of nitrogens with zero attached hydrogens (tertiary/aromatic N) is 4. The lowest BCUT2D eigenvalue weighted by Gasteiger charge is -2.08. The van der Waals surface area contributed by atoms with Gasteiger partial charge in [-0.25, -0.2) is 23.8 Å². The molecule has 0 amide bonds. The van der Waals surface area contributed by atoms with E-state index in [1.54, 1.807) is 41.5 Å². The van der Waals surface area contributed by atoms with Crippen LogP contribution in [0.5, 0.6) is 0 Å². The molecule has 0 saturated heterocycles. The van der Waals surface area contributed by atoms with Crippen molar-refractivity contribution in [2.45, 2.75) is 0 Å². The number of hydrogen-bond donors (Lipinski definition) is 3. The van der Waals surface area contributed by atoms with Crippen LogP contribution in [0.2, 0.25) is 0 Å². The number of imidazole rings is 1. The fourth-order valence-corrected chi connectivity index (χ4v) is 2.04. The molecule has 0 spiro atoms. The molecule has 0 aliphatic rings. The molecule has 3 N–H and O–H groups in total. The molecule has 1 unspecified atom stereocenters. The lowest BCUT2D eigenvalue weighted by atomic mass is 10.3. The molecule has 2 aromatic heterocycles. The fourth-order valence-electron chi connectivity index (χ4n) is 1.70. The SMILES string of the molecule is O=S(O)Nc1ccc(Nn2cnc3cncnc32)cc1. The Hall–Kier alpha value is -2.52. The minimum Gasteiger partial charge on any atom is -0.291 e. The number of anilines is 2. The Kier molecular flexibility index (Phi) is 3.27. The van der Waals surface area contributed by atoms with E-state index >= 15 is 0 Å². The summed E-state index contributed by atoms with van der Waals surface area (Å²) in [7, 11) is 0. The molecule has 0 radical (unpaired) electrons. The first-order valence-electron chi connectivity index (χ1n) is 5.60. The van der Waals surface area contributed by atoms with Crippen LogP contribution in [0.15, 0.2) is 43.1 Å². The van der Waals surface area contributed by atoms with Crippen LogP contribution in [0.25, 0.3) is 11.2 Å². The topological polar surface area (TPSA) is 105 Å². The zero-order valence-electron chi connectivity index (χ0n) is 10.1. The van der Waals surface area contributed by atoms with E-state index in [0.717, 1.165) is 5.69 Å². The van der Waals surface area contributed by atoms with Gasteiger partial charge in [0.05, 0.1) is 11.9 Å². The maximum Gasteiger partial charge on any atom is 0.259 e. The molecule has 0 saturated carbocycles. The normalized spacial score (nSPS) is 12.2. The minimum absolute atomic E-state index is 0.550. The number of benzene rings is 1. The summed E-state index contributed by atoms with van der Waals surface area (Å²) in [5.41, 5.74) is 5.80. The van der Waals surface area contributed by atoms with Gasteiger partial charge in [-0.3, -0.25) is 14.7 Å². The summed E-state index contributed by atoms with van der Waals surface area (Å²) in [6.45, 7) is 0. The minimum atomic E-state index is -2.08. The third-order valence-electron chi connectivity index (χ3n) is 2.55. The summed E-state index contributed by atoms with van der Waals surface area (Å²) < 4.78 is 23.4. The summed E-state index contributed by atoms with van der Waals surface area (Å²) >= 11 is -2.08. The Morgan fingerprint density at radius 1 is 1.15 bits per heavy atom. The number of fused-ring (bicyclic) bond motifs is 1. The molecule has 0 bridgehead atoms. The first-order valence-corrected chi connectivity index (χ1v) is 6.71. The van der Waals surface area contributed by atoms with Gasteiger partial charge in [0.15, 0.2) is 5.65 Å². The van der Waals surface area contributed by atoms with E-state index in [4.69, 9.17) is 4.55 Å². The molecule has 1 aromatic carbocycles. The number of nitrogens with one attached hydrogen (secondary N) is 2. The van der Waals surface area contributed by atoms with Crippen molar-refractivity contribution >= 4 is 33.8 Å². The highest BCUT2D eigenvalue weighted by Crippen LogP contribution is 2.15. The van der Waals surface area contributed by atoms with Crippen LogP contribution >= 0.6 is 0 Å². The van der Waals surface area contributed by atoms with Crippen molar-refractivity contribution in [1.29, 1.82) is 0 Å². The average Bonchev–Trinajstić information content (AvgIpc) is 2.84. The second kappa shape index (κ2) is 5.23. The van der Waals surface area contributed by atoms with Crippen LogP contribution in [0.3, 0.4) is 0 Å². The Bertz CT molecular complexity index is 757. The molecule has 3 aromatic rings. The van der Waals surface area contributed by atoms with Gasteiger partial charge < -0.3 is 0 Å². The van der Waals surface area contributed by atoms with Gasteiger partial charge in [-0.15, -0.1) is 0 Å². The van der Waals surface area contributed by atoms with E-state index in [9.17, 15) is 4.21 Å². The first-order chi connectivity index (χ1) is 9.72. The van der Waals surface area contributed by atoms with Crippen LogP contribution < -0.4 is 10.1 Å². The predicted molar refractivity (Wildman–Crippen MR) is 75.2 cm³/mol. The molecule has 3 rings (SSSR count). The number of aromatic nitrogens is 4. The van der Waals surface area contributed by atoms with Gasteiger partial charge in [0, 0.05) is 5.69 Å². The van der Waals surface area contributed by atoms with Gasteiger partial charge in [0.2, 0.25) is 0 Å². The predicted octanol–water partition coefficient (Wildman–Crippen LogP) is 1.25. The lowest BCUT2D eigenvalue weighted by molar-refractivity contribution is 0.570. The third kappa shape index (κ3) is 2.58. The lowest BCUT2D eigenvalue weighted by Crippen LogP contribution is -2.08. The van der Waals surface area contributed by atoms with Crippen LogP contribution in [0.4, 0.5) is 11.4 Å². The van der Waals surface area contributed by atoms with Gasteiger partial charge in [0.1, 0.15) is 18.2 Å². The summed E-state index contributed by atoms with van der Waals surface area (Å²) in [4.78, 5) is 12.2. The van der Waals surface area contributed by atoms with Crippen molar-refractivity contribution in [1.82, 2.24) is 19.6 Å². The highest BCUT2D eigenvalue weighted by molar-refractivity contribution is 7.80. The summed E-state index contributed by atoms with van der Waals surface area (Å²) in [5, 5.41) is 0. The molecule has 20 heavy (non-hydrogen) atoms. The Morgan fingerprint density at radius 2 is 1.90 bits per heavy atom. The summed E-state index contributed by atoms with van der Waals surface area (Å²) in [5.74, 6) is 0. The highest BCUT2D eigenvalue weighted by Gasteiger charge is 2.03. The zero-order valence-corrected chi connectivity index (χ0v) is 10.9. The van der Waals surface area contributed by atoms with Gasteiger partial charge in [-0.05, 0) is 24.3 Å². The molecule has 8 nitrogen and oxygen atoms in total. The van der Waals surface area contributed by atoms with Crippen molar-refractivity contribution in [3.05, 3.63) is 43.1 Å². The van der Waals surface area contributed by atoms with Gasteiger partial charge in [-0.2, -0.15) is 0 Å². The Morgan fingerprint density at radius 3 is 2.65 bits per heavy atom. The van der Waals surface area contributed by atoms with Crippen molar-refractivity contribution < 1.29 is 8.76 Å². The van der Waals surface area contributed by atoms with Crippen molar-refractivity contribution in [3.8, 4) is 0 Å². The van der Waals surface area contributed by atoms with Crippen molar-refractivity contribution in [3.63, 3.8) is 0 Å². The standard InChI is InChI=1S/C11H10N6O2S/c18-20(19)16-9-3-1-8(2-4-9)15-17-7-14-10-5-12-6-13-11(10)17/h1-7,15-16H,(H,18,19). The molecule has 102 valence electrons. The summed E-state index contributed by atoms with van der Waals surface area (Å²) in [6.07, 6.45) is 4.68. The van der Waals surface area contributed by atoms with Gasteiger partial charge in [0.25, 0.3) is 11.3 Å². The second-order valence-electron chi connectivity index (χ2n) is 3.89. The molecular weight excluding hydrogens is 280 g/mol. The van der Waals surface area contributed by atoms with Gasteiger partial charge in [-0.1, -0.05) is 0 Å². The zero-order chi connectivity index (χ0) is 13.9. The second-order valence-corrected chi connectivity index (χ2v) is 4.59. The molecule has 0 aliphatic heterocycles. The highest BCUT2D eigenvalue weighted by atomic mass is 32.2. The van der Waals surface area contributed by atoms with E-state index in [1.165, 1.54) is 6.33 Å². The Balaban J connectivity index is 1.82. The van der Waals surface area contributed by atoms with E-state index in [1.807, 2.05) is 0 Å². The van der Waals surface area contributed by atoms with E-state index in [2.05, 4.69) is 25.1 Å². The largest absolute Gasteiger partial charge is 0.291 e. The first kappa shape index (κ1) is 12.5. The van der Waals surface area contributed by atoms with Crippen molar-refractivity contribution in [2.24, 2.45) is 0 Å². The average molecular weight is 290 g/mol. The van der Waals surface area contributed by atoms with E-state index in [-0.39, 0.29) is 0 Å². The molecule has 0 fully saturated rings. The monoisotopic (exact) mass is 290 g/mol. The van der Waals surface area contributed by atoms with E-state index in [0.29, 0.717) is 16.9 Å². The quantitative estimate of drug-likeness (QED) is 0.625. The smallest absolute Gasteiger partial charge is 0.259 e. The molecule has 0 aliphatic carbocycles. The maximum atomic E-state index is 10.6. The van der Waals surface area contributed by atoms with Crippen LogP contribution in [-0.2, 0) is 11.3 Å². The molecule has 9 heteroatoms. The molecule has 2 heterocycles. The maximum absolute atomic E-state index is 10.6. The van der Waals surface area contributed by atoms with Crippen LogP contribution in [0, 0.1) is 0 Å². The van der Waals surface area contributed by atoms with Gasteiger partial charge >= 0.3 is 0 Å². The third-order valence-corrected chi connectivity index (χ3v) is 2.96. The fraction of sp³-hybridized carbons (Fsp3) is 0. The van der Waals surface area contributed by atoms with E-state index < -0.39 is 11.3 Å². The number of hydrogen-bond acceptors (Lipinski definition) is 5. The van der Waals surface area contributed by atoms with Crippen LogP contribution in [-0.4, -0.2) is 28.4 Å². The van der Waals surface area contributed by atoms with Crippen LogP contribution in [0.1, 0.15) is 0 Å². The number of rotatable bonds is 4.